The van der Waals surface area contributed by atoms with Crippen molar-refractivity contribution in [2.45, 2.75) is 33.2 Å². The summed E-state index contributed by atoms with van der Waals surface area (Å²) >= 11 is 0. The van der Waals surface area contributed by atoms with Crippen molar-refractivity contribution in [3.8, 4) is 5.69 Å². The number of hydrogen-bond acceptors (Lipinski definition) is 6. The zero-order valence-electron chi connectivity index (χ0n) is 20.6. The number of piperidine rings is 1. The van der Waals surface area contributed by atoms with Gasteiger partial charge < -0.3 is 15.8 Å². The van der Waals surface area contributed by atoms with Crippen molar-refractivity contribution in [3.63, 3.8) is 0 Å². The average molecular weight is 490 g/mol. The van der Waals surface area contributed by atoms with Crippen LogP contribution in [0.2, 0.25) is 0 Å². The van der Waals surface area contributed by atoms with Crippen LogP contribution < -0.4 is 11.1 Å². The van der Waals surface area contributed by atoms with Crippen LogP contribution in [0.25, 0.3) is 5.69 Å². The molecule has 2 aromatic carbocycles. The Morgan fingerprint density at radius 3 is 2.50 bits per heavy atom. The van der Waals surface area contributed by atoms with E-state index in [9.17, 15) is 14.4 Å². The third-order valence-corrected chi connectivity index (χ3v) is 6.46. The van der Waals surface area contributed by atoms with Crippen LogP contribution in [0, 0.1) is 12.8 Å². The molecule has 0 saturated carbocycles. The number of ether oxygens (including phenoxy) is 1. The molecule has 2 amide bonds. The number of hydrogen-bond donors (Lipinski definition) is 2. The molecule has 1 aromatic heterocycles. The van der Waals surface area contributed by atoms with E-state index in [0.717, 1.165) is 49.4 Å². The number of carbonyl (C=O) groups excluding carboxylic acids is 3. The highest BCUT2D eigenvalue weighted by Crippen LogP contribution is 2.21. The molecular weight excluding hydrogens is 458 g/mol. The topological polar surface area (TPSA) is 120 Å². The molecule has 1 aliphatic heterocycles. The largest absolute Gasteiger partial charge is 0.462 e. The van der Waals surface area contributed by atoms with Crippen molar-refractivity contribution in [3.05, 3.63) is 77.1 Å². The molecule has 1 fully saturated rings. The van der Waals surface area contributed by atoms with E-state index in [4.69, 9.17) is 10.5 Å². The lowest BCUT2D eigenvalue weighted by molar-refractivity contribution is -0.123. The summed E-state index contributed by atoms with van der Waals surface area (Å²) in [4.78, 5) is 38.6. The van der Waals surface area contributed by atoms with Crippen molar-refractivity contribution >= 4 is 23.5 Å². The van der Waals surface area contributed by atoms with Gasteiger partial charge in [-0.2, -0.15) is 5.10 Å². The van der Waals surface area contributed by atoms with E-state index in [1.165, 1.54) is 6.20 Å². The molecule has 3 N–H and O–H groups in total. The van der Waals surface area contributed by atoms with Crippen LogP contribution in [-0.4, -0.2) is 52.2 Å². The predicted molar refractivity (Wildman–Crippen MR) is 136 cm³/mol. The number of nitrogens with two attached hydrogens (primary N) is 1. The van der Waals surface area contributed by atoms with Crippen LogP contribution in [-0.2, 0) is 16.1 Å². The summed E-state index contributed by atoms with van der Waals surface area (Å²) in [6.07, 6.45) is 3.05. The third-order valence-electron chi connectivity index (χ3n) is 6.46. The van der Waals surface area contributed by atoms with E-state index in [1.54, 1.807) is 42.8 Å². The lowest BCUT2D eigenvalue weighted by Crippen LogP contribution is -2.38. The zero-order chi connectivity index (χ0) is 25.7. The molecule has 0 unspecified atom stereocenters. The molecule has 36 heavy (non-hydrogen) atoms. The Hall–Kier alpha value is -3.98. The highest BCUT2D eigenvalue weighted by Gasteiger charge is 2.23. The van der Waals surface area contributed by atoms with Crippen LogP contribution in [0.1, 0.15) is 51.7 Å². The number of aromatic nitrogens is 2. The number of benzene rings is 2. The number of esters is 1. The molecule has 1 saturated heterocycles. The number of nitrogens with zero attached hydrogens (tertiary/aromatic N) is 3. The van der Waals surface area contributed by atoms with Crippen molar-refractivity contribution in [2.24, 2.45) is 11.7 Å². The van der Waals surface area contributed by atoms with Crippen LogP contribution in [0.3, 0.4) is 0 Å². The second-order valence-corrected chi connectivity index (χ2v) is 8.93. The Morgan fingerprint density at radius 2 is 1.83 bits per heavy atom. The summed E-state index contributed by atoms with van der Waals surface area (Å²) in [6.45, 7) is 6.26. The second kappa shape index (κ2) is 11.2. The quantitative estimate of drug-likeness (QED) is 0.469. The highest BCUT2D eigenvalue weighted by molar-refractivity contribution is 6.04. The van der Waals surface area contributed by atoms with Crippen molar-refractivity contribution in [1.29, 1.82) is 0 Å². The van der Waals surface area contributed by atoms with E-state index < -0.39 is 5.97 Å². The number of primary amides is 1. The van der Waals surface area contributed by atoms with Gasteiger partial charge in [0.05, 0.1) is 24.2 Å². The third kappa shape index (κ3) is 5.80. The minimum absolute atomic E-state index is 0.0323. The van der Waals surface area contributed by atoms with Gasteiger partial charge >= 0.3 is 5.97 Å². The number of carbonyl (C=O) groups is 3. The fourth-order valence-electron chi connectivity index (χ4n) is 4.42. The van der Waals surface area contributed by atoms with Crippen molar-refractivity contribution < 1.29 is 19.1 Å². The minimum Gasteiger partial charge on any atom is -0.462 e. The lowest BCUT2D eigenvalue weighted by Gasteiger charge is -2.30. The van der Waals surface area contributed by atoms with Crippen molar-refractivity contribution in [1.82, 2.24) is 14.7 Å². The molecule has 3 aromatic rings. The van der Waals surface area contributed by atoms with Gasteiger partial charge in [0, 0.05) is 23.7 Å². The maximum absolute atomic E-state index is 12.8. The Kier molecular flexibility index (Phi) is 7.80. The van der Waals surface area contributed by atoms with Gasteiger partial charge in [-0.25, -0.2) is 9.48 Å². The SMILES string of the molecule is CCOC(=O)c1cnn(-c2ccc(C(=O)Nc3cccc(CN4CCC(C(N)=O)CC4)c3)cc2)c1C. The van der Waals surface area contributed by atoms with Gasteiger partial charge in [-0.3, -0.25) is 14.5 Å². The Balaban J connectivity index is 1.38. The minimum atomic E-state index is -0.408. The normalized spacial score (nSPS) is 14.4. The Labute approximate surface area is 210 Å². The number of likely N-dealkylation sites (tertiary alicyclic amines) is 1. The summed E-state index contributed by atoms with van der Waals surface area (Å²) < 4.78 is 6.71. The van der Waals surface area contributed by atoms with Crippen LogP contribution in [0.15, 0.2) is 54.7 Å². The van der Waals surface area contributed by atoms with Gasteiger partial charge in [0.15, 0.2) is 0 Å². The van der Waals surface area contributed by atoms with Gasteiger partial charge in [-0.05, 0) is 81.7 Å². The average Bonchev–Trinajstić information content (AvgIpc) is 3.26. The predicted octanol–water partition coefficient (Wildman–Crippen LogP) is 3.31. The molecule has 0 atom stereocenters. The molecule has 0 bridgehead atoms. The first-order valence-corrected chi connectivity index (χ1v) is 12.1. The summed E-state index contributed by atoms with van der Waals surface area (Å²) in [6, 6.07) is 14.8. The molecule has 2 heterocycles. The highest BCUT2D eigenvalue weighted by atomic mass is 16.5. The van der Waals surface area contributed by atoms with Gasteiger partial charge in [0.1, 0.15) is 5.56 Å². The van der Waals surface area contributed by atoms with Crippen LogP contribution >= 0.6 is 0 Å². The molecule has 1 aliphatic rings. The molecule has 4 rings (SSSR count). The first kappa shape index (κ1) is 25.1. The van der Waals surface area contributed by atoms with Gasteiger partial charge in [0.25, 0.3) is 5.91 Å². The van der Waals surface area contributed by atoms with E-state index in [0.29, 0.717) is 23.4 Å². The van der Waals surface area contributed by atoms with Gasteiger partial charge in [-0.1, -0.05) is 12.1 Å². The van der Waals surface area contributed by atoms with Crippen molar-refractivity contribution in [2.75, 3.05) is 25.0 Å². The molecule has 9 heteroatoms. The Morgan fingerprint density at radius 1 is 1.11 bits per heavy atom. The van der Waals surface area contributed by atoms with E-state index >= 15 is 0 Å². The maximum Gasteiger partial charge on any atom is 0.341 e. The van der Waals surface area contributed by atoms with E-state index in [2.05, 4.69) is 15.3 Å². The number of rotatable bonds is 8. The smallest absolute Gasteiger partial charge is 0.341 e. The summed E-state index contributed by atoms with van der Waals surface area (Å²) in [5.41, 5.74) is 9.56. The fourth-order valence-corrected chi connectivity index (χ4v) is 4.42. The Bertz CT molecular complexity index is 1240. The second-order valence-electron chi connectivity index (χ2n) is 8.93. The monoisotopic (exact) mass is 489 g/mol. The zero-order valence-corrected chi connectivity index (χ0v) is 20.6. The molecular formula is C27H31N5O4. The molecule has 9 nitrogen and oxygen atoms in total. The van der Waals surface area contributed by atoms with E-state index in [-0.39, 0.29) is 17.7 Å². The number of amides is 2. The van der Waals surface area contributed by atoms with Crippen LogP contribution in [0.4, 0.5) is 5.69 Å². The fraction of sp³-hybridized carbons (Fsp3) is 0.333. The molecule has 0 spiro atoms. The summed E-state index contributed by atoms with van der Waals surface area (Å²) in [5, 5.41) is 7.25. The summed E-state index contributed by atoms with van der Waals surface area (Å²) in [7, 11) is 0. The van der Waals surface area contributed by atoms with Gasteiger partial charge in [0.2, 0.25) is 5.91 Å². The van der Waals surface area contributed by atoms with Gasteiger partial charge in [-0.15, -0.1) is 0 Å². The first-order valence-electron chi connectivity index (χ1n) is 12.1. The molecule has 0 radical (unpaired) electrons. The number of anilines is 1. The van der Waals surface area contributed by atoms with Crippen LogP contribution in [0.5, 0.6) is 0 Å². The standard InChI is InChI=1S/C27H31N5O4/c1-3-36-27(35)24-16-29-32(18(24)2)23-9-7-21(8-10-23)26(34)30-22-6-4-5-19(15-22)17-31-13-11-20(12-14-31)25(28)33/h4-10,15-16,20H,3,11-14,17H2,1-2H3,(H2,28,33)(H,30,34). The maximum atomic E-state index is 12.8. The lowest BCUT2D eigenvalue weighted by atomic mass is 9.96. The number of nitrogens with one attached hydrogen (secondary N) is 1. The summed E-state index contributed by atoms with van der Waals surface area (Å²) in [5.74, 6) is -0.872. The first-order chi connectivity index (χ1) is 17.4. The molecule has 0 aliphatic carbocycles. The molecule has 188 valence electrons. The van der Waals surface area contributed by atoms with E-state index in [1.807, 2.05) is 24.3 Å².